The smallest absolute Gasteiger partial charge is 0.326 e. The van der Waals surface area contributed by atoms with E-state index < -0.39 is 0 Å². The van der Waals surface area contributed by atoms with E-state index in [0.717, 1.165) is 26.6 Å². The lowest BCUT2D eigenvalue weighted by Crippen LogP contribution is -2.23. The summed E-state index contributed by atoms with van der Waals surface area (Å²) >= 11 is 1.39. The van der Waals surface area contributed by atoms with E-state index in [1.165, 1.54) is 11.3 Å². The molecule has 0 atom stereocenters. The minimum Gasteiger partial charge on any atom is -0.465 e. The number of esters is 1. The van der Waals surface area contributed by atoms with Gasteiger partial charge in [0.25, 0.3) is 5.91 Å². The number of rotatable bonds is 5. The summed E-state index contributed by atoms with van der Waals surface area (Å²) < 4.78 is 7.80. The van der Waals surface area contributed by atoms with Crippen molar-refractivity contribution < 1.29 is 14.3 Å². The van der Waals surface area contributed by atoms with E-state index in [1.807, 2.05) is 66.7 Å². The summed E-state index contributed by atoms with van der Waals surface area (Å²) in [4.78, 5) is 29.7. The van der Waals surface area contributed by atoms with Gasteiger partial charge in [-0.25, -0.2) is 0 Å². The zero-order valence-electron chi connectivity index (χ0n) is 16.0. The lowest BCUT2D eigenvalue weighted by molar-refractivity contribution is -0.143. The predicted octanol–water partition coefficient (Wildman–Crippen LogP) is 4.09. The SMILES string of the molecule is CCOC(=O)Cn1c(=NC(=O)Cc2cccc3ccccc23)sc2ccccc21. The third-order valence-corrected chi connectivity index (χ3v) is 5.68. The molecular formula is C23H20N2O3S. The fourth-order valence-electron chi connectivity index (χ4n) is 3.35. The van der Waals surface area contributed by atoms with Crippen molar-refractivity contribution in [2.75, 3.05) is 6.61 Å². The molecule has 0 saturated heterocycles. The second-order valence-electron chi connectivity index (χ2n) is 6.56. The molecule has 3 aromatic carbocycles. The van der Waals surface area contributed by atoms with Gasteiger partial charge in [-0.15, -0.1) is 0 Å². The highest BCUT2D eigenvalue weighted by atomic mass is 32.1. The molecule has 4 rings (SSSR count). The van der Waals surface area contributed by atoms with Crippen LogP contribution < -0.4 is 4.80 Å². The number of amides is 1. The van der Waals surface area contributed by atoms with E-state index in [0.29, 0.717) is 11.4 Å². The fraction of sp³-hybridized carbons (Fsp3) is 0.174. The van der Waals surface area contributed by atoms with Crippen LogP contribution in [0, 0.1) is 0 Å². The number of benzene rings is 3. The second-order valence-corrected chi connectivity index (χ2v) is 7.57. The Morgan fingerprint density at radius 3 is 2.62 bits per heavy atom. The first-order chi connectivity index (χ1) is 14.2. The highest BCUT2D eigenvalue weighted by molar-refractivity contribution is 7.16. The number of para-hydroxylation sites is 1. The number of hydrogen-bond acceptors (Lipinski definition) is 4. The van der Waals surface area contributed by atoms with Gasteiger partial charge in [0.1, 0.15) is 6.54 Å². The number of aromatic nitrogens is 1. The van der Waals surface area contributed by atoms with Crippen LogP contribution in [0.5, 0.6) is 0 Å². The first kappa shape index (κ1) is 19.1. The molecule has 4 aromatic rings. The number of hydrogen-bond donors (Lipinski definition) is 0. The predicted molar refractivity (Wildman–Crippen MR) is 115 cm³/mol. The van der Waals surface area contributed by atoms with Gasteiger partial charge < -0.3 is 9.30 Å². The molecular weight excluding hydrogens is 384 g/mol. The van der Waals surface area contributed by atoms with Gasteiger partial charge in [-0.05, 0) is 35.4 Å². The van der Waals surface area contributed by atoms with Gasteiger partial charge in [0.15, 0.2) is 4.80 Å². The number of carbonyl (C=O) groups excluding carboxylic acids is 2. The molecule has 0 saturated carbocycles. The number of nitrogens with zero attached hydrogens (tertiary/aromatic N) is 2. The zero-order chi connectivity index (χ0) is 20.2. The molecule has 0 bridgehead atoms. The van der Waals surface area contributed by atoms with Crippen LogP contribution in [-0.2, 0) is 27.3 Å². The van der Waals surface area contributed by atoms with Crippen LogP contribution in [0.2, 0.25) is 0 Å². The van der Waals surface area contributed by atoms with E-state index in [4.69, 9.17) is 4.74 Å². The van der Waals surface area contributed by atoms with Crippen molar-refractivity contribution in [1.82, 2.24) is 4.57 Å². The van der Waals surface area contributed by atoms with Crippen molar-refractivity contribution in [3.8, 4) is 0 Å². The summed E-state index contributed by atoms with van der Waals surface area (Å²) in [6.45, 7) is 2.11. The quantitative estimate of drug-likeness (QED) is 0.471. The van der Waals surface area contributed by atoms with Gasteiger partial charge in [-0.2, -0.15) is 4.99 Å². The molecule has 146 valence electrons. The Balaban J connectivity index is 1.71. The molecule has 1 aromatic heterocycles. The molecule has 1 amide bonds. The molecule has 0 fully saturated rings. The van der Waals surface area contributed by atoms with Crippen molar-refractivity contribution >= 4 is 44.2 Å². The van der Waals surface area contributed by atoms with Gasteiger partial charge >= 0.3 is 5.97 Å². The standard InChI is InChI=1S/C23H20N2O3S/c1-2-28-22(27)15-25-19-12-5-6-13-20(19)29-23(25)24-21(26)14-17-10-7-9-16-8-3-4-11-18(16)17/h3-13H,2,14-15H2,1H3. The Morgan fingerprint density at radius 1 is 1.00 bits per heavy atom. The number of thiazole rings is 1. The summed E-state index contributed by atoms with van der Waals surface area (Å²) in [7, 11) is 0. The summed E-state index contributed by atoms with van der Waals surface area (Å²) in [6.07, 6.45) is 0.203. The van der Waals surface area contributed by atoms with E-state index in [-0.39, 0.29) is 24.8 Å². The van der Waals surface area contributed by atoms with Crippen molar-refractivity contribution in [3.05, 3.63) is 77.1 Å². The van der Waals surface area contributed by atoms with Gasteiger partial charge in [-0.3, -0.25) is 9.59 Å². The maximum atomic E-state index is 12.8. The Morgan fingerprint density at radius 2 is 1.76 bits per heavy atom. The lowest BCUT2D eigenvalue weighted by Gasteiger charge is -2.05. The van der Waals surface area contributed by atoms with Crippen LogP contribution in [-0.4, -0.2) is 23.1 Å². The molecule has 0 aliphatic rings. The van der Waals surface area contributed by atoms with E-state index in [2.05, 4.69) is 4.99 Å². The molecule has 0 aliphatic carbocycles. The monoisotopic (exact) mass is 404 g/mol. The Hall–Kier alpha value is -3.25. The van der Waals surface area contributed by atoms with Gasteiger partial charge in [0.2, 0.25) is 0 Å². The molecule has 0 radical (unpaired) electrons. The molecule has 6 heteroatoms. The zero-order valence-corrected chi connectivity index (χ0v) is 16.8. The molecule has 1 heterocycles. The highest BCUT2D eigenvalue weighted by Gasteiger charge is 2.12. The van der Waals surface area contributed by atoms with Crippen LogP contribution in [0.15, 0.2) is 71.7 Å². The first-order valence-electron chi connectivity index (χ1n) is 9.44. The Labute approximate surface area is 171 Å². The second kappa shape index (κ2) is 8.41. The van der Waals surface area contributed by atoms with Crippen molar-refractivity contribution in [2.24, 2.45) is 4.99 Å². The van der Waals surface area contributed by atoms with Crippen molar-refractivity contribution in [3.63, 3.8) is 0 Å². The Bertz CT molecular complexity index is 1260. The summed E-state index contributed by atoms with van der Waals surface area (Å²) in [5.41, 5.74) is 1.80. The van der Waals surface area contributed by atoms with Crippen molar-refractivity contribution in [1.29, 1.82) is 0 Å². The van der Waals surface area contributed by atoms with Gasteiger partial charge in [0, 0.05) is 0 Å². The largest absolute Gasteiger partial charge is 0.465 e. The van der Waals surface area contributed by atoms with Crippen molar-refractivity contribution in [2.45, 2.75) is 19.9 Å². The average molecular weight is 404 g/mol. The fourth-order valence-corrected chi connectivity index (χ4v) is 4.40. The van der Waals surface area contributed by atoms with Crippen LogP contribution in [0.4, 0.5) is 0 Å². The molecule has 0 unspecified atom stereocenters. The topological polar surface area (TPSA) is 60.7 Å². The molecule has 29 heavy (non-hydrogen) atoms. The highest BCUT2D eigenvalue weighted by Crippen LogP contribution is 2.20. The third-order valence-electron chi connectivity index (χ3n) is 4.62. The minimum atomic E-state index is -0.348. The van der Waals surface area contributed by atoms with Gasteiger partial charge in [0.05, 0.1) is 23.2 Å². The Kier molecular flexibility index (Phi) is 5.53. The number of fused-ring (bicyclic) bond motifs is 2. The third kappa shape index (κ3) is 4.12. The van der Waals surface area contributed by atoms with E-state index in [1.54, 1.807) is 11.5 Å². The minimum absolute atomic E-state index is 0.0260. The molecule has 0 aliphatic heterocycles. The first-order valence-corrected chi connectivity index (χ1v) is 10.3. The maximum absolute atomic E-state index is 12.8. The van der Waals surface area contributed by atoms with Crippen LogP contribution in [0.1, 0.15) is 12.5 Å². The molecule has 0 N–H and O–H groups in total. The maximum Gasteiger partial charge on any atom is 0.326 e. The average Bonchev–Trinajstić information content (AvgIpc) is 3.05. The van der Waals surface area contributed by atoms with E-state index >= 15 is 0 Å². The lowest BCUT2D eigenvalue weighted by atomic mass is 10.0. The molecule has 5 nitrogen and oxygen atoms in total. The number of ether oxygens (including phenoxy) is 1. The number of carbonyl (C=O) groups is 2. The summed E-state index contributed by atoms with van der Waals surface area (Å²) in [6, 6.07) is 21.6. The normalized spacial score (nSPS) is 11.8. The molecule has 0 spiro atoms. The van der Waals surface area contributed by atoms with Crippen LogP contribution >= 0.6 is 11.3 Å². The van der Waals surface area contributed by atoms with Crippen LogP contribution in [0.3, 0.4) is 0 Å². The van der Waals surface area contributed by atoms with E-state index in [9.17, 15) is 9.59 Å². The van der Waals surface area contributed by atoms with Crippen LogP contribution in [0.25, 0.3) is 21.0 Å². The summed E-state index contributed by atoms with van der Waals surface area (Å²) in [5, 5.41) is 2.14. The summed E-state index contributed by atoms with van der Waals surface area (Å²) in [5.74, 6) is -0.593. The van der Waals surface area contributed by atoms with Gasteiger partial charge in [-0.1, -0.05) is 65.9 Å².